The molecule has 114 valence electrons. The zero-order valence-corrected chi connectivity index (χ0v) is 11.6. The molecule has 1 aliphatic rings. The lowest BCUT2D eigenvalue weighted by Gasteiger charge is -2.21. The third kappa shape index (κ3) is 3.91. The highest BCUT2D eigenvalue weighted by atomic mass is 19.1. The second kappa shape index (κ2) is 6.53. The first-order valence-corrected chi connectivity index (χ1v) is 6.76. The molecule has 0 aliphatic carbocycles. The maximum Gasteiger partial charge on any atom is 0.317 e. The fourth-order valence-corrected chi connectivity index (χ4v) is 2.40. The van der Waals surface area contributed by atoms with Crippen molar-refractivity contribution in [2.45, 2.75) is 6.42 Å². The average molecular weight is 295 g/mol. The van der Waals surface area contributed by atoms with Crippen LogP contribution in [0.25, 0.3) is 0 Å². The van der Waals surface area contributed by atoms with Gasteiger partial charge in [0.15, 0.2) is 0 Å². The summed E-state index contributed by atoms with van der Waals surface area (Å²) in [7, 11) is 0. The van der Waals surface area contributed by atoms with Crippen molar-refractivity contribution in [3.05, 3.63) is 29.6 Å². The summed E-state index contributed by atoms with van der Waals surface area (Å²) in [5, 5.41) is 8.79. The summed E-state index contributed by atoms with van der Waals surface area (Å²) in [6.07, 6.45) is 0.662. The summed E-state index contributed by atoms with van der Waals surface area (Å²) in [6, 6.07) is 4.00. The Morgan fingerprint density at radius 1 is 1.24 bits per heavy atom. The van der Waals surface area contributed by atoms with Gasteiger partial charge < -0.3 is 15.7 Å². The number of hydrogen-bond acceptors (Lipinski definition) is 4. The maximum atomic E-state index is 13.8. The minimum Gasteiger partial charge on any atom is -0.480 e. The lowest BCUT2D eigenvalue weighted by Crippen LogP contribution is -2.37. The fourth-order valence-electron chi connectivity index (χ4n) is 2.40. The smallest absolute Gasteiger partial charge is 0.317 e. The van der Waals surface area contributed by atoms with E-state index in [9.17, 15) is 14.0 Å². The van der Waals surface area contributed by atoms with Gasteiger partial charge in [0.1, 0.15) is 5.82 Å². The van der Waals surface area contributed by atoms with E-state index in [1.54, 1.807) is 9.80 Å². The summed E-state index contributed by atoms with van der Waals surface area (Å²) < 4.78 is 13.8. The molecule has 1 aliphatic heterocycles. The molecular formula is C14H18FN3O3. The maximum absolute atomic E-state index is 13.8. The quantitative estimate of drug-likeness (QED) is 0.799. The van der Waals surface area contributed by atoms with Crippen molar-refractivity contribution in [2.75, 3.05) is 38.5 Å². The van der Waals surface area contributed by atoms with Crippen molar-refractivity contribution >= 4 is 17.6 Å². The van der Waals surface area contributed by atoms with Crippen LogP contribution in [0.1, 0.15) is 16.8 Å². The van der Waals surface area contributed by atoms with Crippen LogP contribution < -0.4 is 5.73 Å². The van der Waals surface area contributed by atoms with Gasteiger partial charge in [-0.25, -0.2) is 4.39 Å². The van der Waals surface area contributed by atoms with Crippen molar-refractivity contribution in [2.24, 2.45) is 0 Å². The van der Waals surface area contributed by atoms with E-state index in [1.807, 2.05) is 0 Å². The number of aliphatic carboxylic acids is 1. The average Bonchev–Trinajstić information content (AvgIpc) is 2.63. The Morgan fingerprint density at radius 3 is 2.67 bits per heavy atom. The largest absolute Gasteiger partial charge is 0.480 e. The van der Waals surface area contributed by atoms with Crippen molar-refractivity contribution in [1.82, 2.24) is 9.80 Å². The summed E-state index contributed by atoms with van der Waals surface area (Å²) in [4.78, 5) is 26.4. The molecule has 0 radical (unpaired) electrons. The minimum atomic E-state index is -0.889. The molecule has 0 saturated carbocycles. The predicted octanol–water partition coefficient (Wildman–Crippen LogP) is 0.640. The highest BCUT2D eigenvalue weighted by molar-refractivity contribution is 5.94. The van der Waals surface area contributed by atoms with E-state index < -0.39 is 11.8 Å². The highest BCUT2D eigenvalue weighted by Crippen LogP contribution is 2.15. The Bertz CT molecular complexity index is 550. The minimum absolute atomic E-state index is 0.00381. The second-order valence-corrected chi connectivity index (χ2v) is 5.05. The number of amides is 1. The summed E-state index contributed by atoms with van der Waals surface area (Å²) in [5.74, 6) is -1.91. The zero-order valence-electron chi connectivity index (χ0n) is 11.6. The normalized spacial score (nSPS) is 16.5. The van der Waals surface area contributed by atoms with Gasteiger partial charge in [0.25, 0.3) is 5.91 Å². The third-order valence-electron chi connectivity index (χ3n) is 3.46. The van der Waals surface area contributed by atoms with Crippen LogP contribution in [-0.4, -0.2) is 59.5 Å². The molecule has 1 fully saturated rings. The SMILES string of the molecule is Nc1ccc(C(=O)N2CCCN(CC(=O)O)CC2)c(F)c1. The van der Waals surface area contributed by atoms with E-state index in [4.69, 9.17) is 10.8 Å². The zero-order chi connectivity index (χ0) is 15.4. The van der Waals surface area contributed by atoms with E-state index in [0.29, 0.717) is 32.6 Å². The predicted molar refractivity (Wildman–Crippen MR) is 75.4 cm³/mol. The van der Waals surface area contributed by atoms with Crippen LogP contribution >= 0.6 is 0 Å². The molecule has 3 N–H and O–H groups in total. The highest BCUT2D eigenvalue weighted by Gasteiger charge is 2.23. The van der Waals surface area contributed by atoms with Crippen LogP contribution in [0.4, 0.5) is 10.1 Å². The van der Waals surface area contributed by atoms with Gasteiger partial charge >= 0.3 is 5.97 Å². The Labute approximate surface area is 121 Å². The third-order valence-corrected chi connectivity index (χ3v) is 3.46. The van der Waals surface area contributed by atoms with Gasteiger partial charge in [-0.05, 0) is 24.6 Å². The van der Waals surface area contributed by atoms with Gasteiger partial charge in [-0.3, -0.25) is 14.5 Å². The molecule has 1 heterocycles. The molecule has 0 aromatic heterocycles. The van der Waals surface area contributed by atoms with E-state index in [2.05, 4.69) is 0 Å². The van der Waals surface area contributed by atoms with Crippen molar-refractivity contribution in [1.29, 1.82) is 0 Å². The number of anilines is 1. The molecule has 21 heavy (non-hydrogen) atoms. The first kappa shape index (κ1) is 15.2. The first-order chi connectivity index (χ1) is 9.97. The van der Waals surface area contributed by atoms with Crippen molar-refractivity contribution in [3.63, 3.8) is 0 Å². The first-order valence-electron chi connectivity index (χ1n) is 6.76. The van der Waals surface area contributed by atoms with Crippen molar-refractivity contribution in [3.8, 4) is 0 Å². The Morgan fingerprint density at radius 2 is 2.00 bits per heavy atom. The Kier molecular flexibility index (Phi) is 4.74. The fraction of sp³-hybridized carbons (Fsp3) is 0.429. The standard InChI is InChI=1S/C14H18FN3O3/c15-12-8-10(16)2-3-11(12)14(21)18-5-1-4-17(6-7-18)9-13(19)20/h2-3,8H,1,4-7,9,16H2,(H,19,20). The van der Waals surface area contributed by atoms with Gasteiger partial charge in [0.05, 0.1) is 12.1 Å². The van der Waals surface area contributed by atoms with Crippen LogP contribution in [0, 0.1) is 5.82 Å². The Balaban J connectivity index is 2.04. The number of carboxylic acids is 1. The van der Waals surface area contributed by atoms with E-state index in [0.717, 1.165) is 6.07 Å². The molecule has 0 unspecified atom stereocenters. The van der Waals surface area contributed by atoms with Gasteiger partial charge in [-0.15, -0.1) is 0 Å². The molecule has 0 bridgehead atoms. The second-order valence-electron chi connectivity index (χ2n) is 5.05. The molecule has 1 saturated heterocycles. The number of nitrogens with two attached hydrogens (primary N) is 1. The van der Waals surface area contributed by atoms with Crippen LogP contribution in [0.5, 0.6) is 0 Å². The van der Waals surface area contributed by atoms with Crippen LogP contribution in [0.2, 0.25) is 0 Å². The molecule has 1 aromatic carbocycles. The van der Waals surface area contributed by atoms with Crippen molar-refractivity contribution < 1.29 is 19.1 Å². The lowest BCUT2D eigenvalue weighted by molar-refractivity contribution is -0.138. The van der Waals surface area contributed by atoms with E-state index in [-0.39, 0.29) is 23.7 Å². The summed E-state index contributed by atoms with van der Waals surface area (Å²) in [6.45, 7) is 1.90. The Hall–Kier alpha value is -2.15. The number of hydrogen-bond donors (Lipinski definition) is 2. The number of carbonyl (C=O) groups excluding carboxylic acids is 1. The lowest BCUT2D eigenvalue weighted by atomic mass is 10.1. The van der Waals surface area contributed by atoms with Gasteiger partial charge in [-0.2, -0.15) is 0 Å². The summed E-state index contributed by atoms with van der Waals surface area (Å²) >= 11 is 0. The molecule has 2 rings (SSSR count). The molecule has 1 amide bonds. The number of nitrogens with zero attached hydrogens (tertiary/aromatic N) is 2. The van der Waals surface area contributed by atoms with Crippen LogP contribution in [-0.2, 0) is 4.79 Å². The van der Waals surface area contributed by atoms with Crippen LogP contribution in [0.3, 0.4) is 0 Å². The number of carbonyl (C=O) groups is 2. The number of halogens is 1. The molecule has 7 heteroatoms. The molecule has 1 aromatic rings. The number of carboxylic acid groups (broad SMARTS) is 1. The monoisotopic (exact) mass is 295 g/mol. The topological polar surface area (TPSA) is 86.9 Å². The van der Waals surface area contributed by atoms with Crippen LogP contribution in [0.15, 0.2) is 18.2 Å². The van der Waals surface area contributed by atoms with E-state index >= 15 is 0 Å². The number of benzene rings is 1. The molecule has 0 atom stereocenters. The number of rotatable bonds is 3. The summed E-state index contributed by atoms with van der Waals surface area (Å²) in [5.41, 5.74) is 5.74. The molecule has 6 nitrogen and oxygen atoms in total. The number of nitrogen functional groups attached to an aromatic ring is 1. The van der Waals surface area contributed by atoms with Gasteiger partial charge in [-0.1, -0.05) is 0 Å². The molecule has 0 spiro atoms. The van der Waals surface area contributed by atoms with Gasteiger partial charge in [0.2, 0.25) is 0 Å². The molecular weight excluding hydrogens is 277 g/mol. The van der Waals surface area contributed by atoms with E-state index in [1.165, 1.54) is 12.1 Å². The van der Waals surface area contributed by atoms with Gasteiger partial charge in [0, 0.05) is 31.9 Å².